The minimum atomic E-state index is -4.00. The van der Waals surface area contributed by atoms with Crippen molar-refractivity contribution < 1.29 is 16.8 Å². The summed E-state index contributed by atoms with van der Waals surface area (Å²) in [5.41, 5.74) is 2.53. The molecule has 0 aromatic heterocycles. The molecule has 0 atom stereocenters. The molecule has 0 unspecified atom stereocenters. The second kappa shape index (κ2) is 15.3. The highest BCUT2D eigenvalue weighted by atomic mass is 32.2. The Balaban J connectivity index is 1.65. The maximum Gasteiger partial charge on any atom is 0.208 e. The average Bonchev–Trinajstić information content (AvgIpc) is 3.54. The summed E-state index contributed by atoms with van der Waals surface area (Å²) in [5.74, 6) is 0. The average molecular weight is 657 g/mol. The minimum absolute atomic E-state index is 0.0595. The SMILES string of the molecule is CCN(CC)CCCCCCC1(CCCCCCN(CC)CC)C2=C(C3=C1C=C(c1ccc(C)cc1)S3(=O)=O)S(=O)(=O)C(C)=C2. The van der Waals surface area contributed by atoms with Crippen LogP contribution in [0.4, 0.5) is 0 Å². The van der Waals surface area contributed by atoms with E-state index in [1.165, 1.54) is 0 Å². The first-order valence-electron chi connectivity index (χ1n) is 17.4. The zero-order valence-corrected chi connectivity index (χ0v) is 30.3. The van der Waals surface area contributed by atoms with E-state index in [4.69, 9.17) is 0 Å². The molecule has 250 valence electrons. The van der Waals surface area contributed by atoms with Gasteiger partial charge in [0.15, 0.2) is 0 Å². The largest absolute Gasteiger partial charge is 0.304 e. The van der Waals surface area contributed by atoms with Gasteiger partial charge in [0.25, 0.3) is 0 Å². The molecule has 1 aromatic rings. The highest BCUT2D eigenvalue weighted by Crippen LogP contribution is 2.63. The van der Waals surface area contributed by atoms with Crippen LogP contribution in [0.3, 0.4) is 0 Å². The monoisotopic (exact) mass is 656 g/mol. The summed E-state index contributed by atoms with van der Waals surface area (Å²) in [6.07, 6.45) is 13.7. The Hall–Kier alpha value is -2.00. The normalized spacial score (nSPS) is 19.5. The van der Waals surface area contributed by atoms with Crippen LogP contribution >= 0.6 is 0 Å². The van der Waals surface area contributed by atoms with E-state index in [9.17, 15) is 16.8 Å². The topological polar surface area (TPSA) is 74.8 Å². The van der Waals surface area contributed by atoms with Crippen molar-refractivity contribution in [3.8, 4) is 0 Å². The zero-order valence-electron chi connectivity index (χ0n) is 28.6. The third-order valence-electron chi connectivity index (χ3n) is 10.4. The van der Waals surface area contributed by atoms with E-state index in [1.54, 1.807) is 13.0 Å². The van der Waals surface area contributed by atoms with Crippen molar-refractivity contribution in [1.82, 2.24) is 9.80 Å². The number of sulfone groups is 2. The van der Waals surface area contributed by atoms with Crippen molar-refractivity contribution in [2.24, 2.45) is 5.41 Å². The molecule has 2 heterocycles. The van der Waals surface area contributed by atoms with Crippen LogP contribution in [-0.2, 0) is 19.7 Å². The first-order chi connectivity index (χ1) is 21.5. The summed E-state index contributed by atoms with van der Waals surface area (Å²) in [6.45, 7) is 18.8. The molecule has 45 heavy (non-hydrogen) atoms. The van der Waals surface area contributed by atoms with Crippen molar-refractivity contribution >= 4 is 24.6 Å². The standard InChI is InChI=1S/C37H56N2O4S2/c1-7-38(8-2)25-17-13-11-15-23-37(24-16-12-14-18-26-39(9-3)10-4)32-27-30(6)44(40,41)35(32)36-33(37)28-34(45(36,42)43)31-21-19-29(5)20-22-31/h19-22,27-28H,7-18,23-26H2,1-6H3. The van der Waals surface area contributed by atoms with Crippen LogP contribution in [0, 0.1) is 12.3 Å². The van der Waals surface area contributed by atoms with Crippen molar-refractivity contribution in [3.63, 3.8) is 0 Å². The van der Waals surface area contributed by atoms with Crippen LogP contribution in [0.5, 0.6) is 0 Å². The molecule has 4 rings (SSSR count). The molecule has 0 N–H and O–H groups in total. The molecule has 0 bridgehead atoms. The number of unbranched alkanes of at least 4 members (excludes halogenated alkanes) is 6. The number of rotatable bonds is 19. The third-order valence-corrected chi connectivity index (χ3v) is 14.3. The molecule has 0 saturated heterocycles. The molecule has 0 fully saturated rings. The number of fused-ring (bicyclic) bond motifs is 1. The van der Waals surface area contributed by atoms with Crippen molar-refractivity contribution in [2.45, 2.75) is 106 Å². The maximum absolute atomic E-state index is 14.3. The lowest BCUT2D eigenvalue weighted by atomic mass is 9.69. The van der Waals surface area contributed by atoms with Crippen LogP contribution in [0.2, 0.25) is 0 Å². The minimum Gasteiger partial charge on any atom is -0.304 e. The van der Waals surface area contributed by atoms with Gasteiger partial charge in [-0.05, 0) is 108 Å². The molecule has 0 radical (unpaired) electrons. The molecule has 6 nitrogen and oxygen atoms in total. The van der Waals surface area contributed by atoms with Gasteiger partial charge in [0.2, 0.25) is 19.7 Å². The molecule has 8 heteroatoms. The van der Waals surface area contributed by atoms with Gasteiger partial charge in [0.05, 0.1) is 14.7 Å². The Labute approximate surface area is 274 Å². The van der Waals surface area contributed by atoms with Gasteiger partial charge < -0.3 is 9.80 Å². The Bertz CT molecular complexity index is 1520. The van der Waals surface area contributed by atoms with E-state index in [-0.39, 0.29) is 19.6 Å². The molecule has 0 amide bonds. The number of aryl methyl sites for hydroxylation is 1. The molecule has 3 aliphatic rings. The van der Waals surface area contributed by atoms with E-state index < -0.39 is 25.1 Å². The molecule has 1 aliphatic carbocycles. The summed E-state index contributed by atoms with van der Waals surface area (Å²) in [6, 6.07) is 7.52. The molecular formula is C37H56N2O4S2. The Morgan fingerprint density at radius 3 is 1.51 bits per heavy atom. The predicted octanol–water partition coefficient (Wildman–Crippen LogP) is 8.19. The van der Waals surface area contributed by atoms with E-state index in [2.05, 4.69) is 37.5 Å². The van der Waals surface area contributed by atoms with Crippen LogP contribution in [0.1, 0.15) is 110 Å². The zero-order chi connectivity index (χ0) is 32.8. The van der Waals surface area contributed by atoms with Crippen molar-refractivity contribution in [2.75, 3.05) is 39.3 Å². The van der Waals surface area contributed by atoms with Crippen LogP contribution in [-0.4, -0.2) is 65.9 Å². The highest BCUT2D eigenvalue weighted by molar-refractivity contribution is 8.07. The van der Waals surface area contributed by atoms with Crippen LogP contribution in [0.15, 0.2) is 62.3 Å². The molecular weight excluding hydrogens is 601 g/mol. The van der Waals surface area contributed by atoms with Gasteiger partial charge in [0, 0.05) is 10.3 Å². The molecule has 2 aliphatic heterocycles. The van der Waals surface area contributed by atoms with Crippen LogP contribution < -0.4 is 0 Å². The Morgan fingerprint density at radius 2 is 1.02 bits per heavy atom. The smallest absolute Gasteiger partial charge is 0.208 e. The molecule has 0 saturated carbocycles. The lowest BCUT2D eigenvalue weighted by Crippen LogP contribution is -2.24. The van der Waals surface area contributed by atoms with Crippen molar-refractivity contribution in [1.29, 1.82) is 0 Å². The lowest BCUT2D eigenvalue weighted by molar-refractivity contribution is 0.289. The van der Waals surface area contributed by atoms with Gasteiger partial charge in [-0.1, -0.05) is 96.0 Å². The first-order valence-corrected chi connectivity index (χ1v) is 20.4. The maximum atomic E-state index is 14.3. The van der Waals surface area contributed by atoms with E-state index in [1.807, 2.05) is 37.3 Å². The van der Waals surface area contributed by atoms with Gasteiger partial charge in [-0.25, -0.2) is 16.8 Å². The molecule has 0 spiro atoms. The summed E-state index contributed by atoms with van der Waals surface area (Å²) >= 11 is 0. The number of allylic oxidation sites excluding steroid dienone is 5. The number of nitrogens with zero attached hydrogens (tertiary/aromatic N) is 2. The van der Waals surface area contributed by atoms with Gasteiger partial charge in [-0.2, -0.15) is 0 Å². The fraction of sp³-hybridized carbons (Fsp3) is 0.622. The summed E-state index contributed by atoms with van der Waals surface area (Å²) in [7, 11) is -7.86. The number of benzene rings is 1. The third kappa shape index (κ3) is 7.29. The fourth-order valence-electron chi connectivity index (χ4n) is 7.46. The lowest BCUT2D eigenvalue weighted by Gasteiger charge is -2.34. The summed E-state index contributed by atoms with van der Waals surface area (Å²) in [5, 5.41) is 0. The highest BCUT2D eigenvalue weighted by Gasteiger charge is 2.57. The van der Waals surface area contributed by atoms with E-state index >= 15 is 0 Å². The summed E-state index contributed by atoms with van der Waals surface area (Å²) < 4.78 is 56.2. The molecule has 1 aromatic carbocycles. The van der Waals surface area contributed by atoms with Crippen LogP contribution in [0.25, 0.3) is 4.91 Å². The van der Waals surface area contributed by atoms with E-state index in [0.717, 1.165) is 120 Å². The van der Waals surface area contributed by atoms with Gasteiger partial charge in [-0.3, -0.25) is 0 Å². The Morgan fingerprint density at radius 1 is 0.578 bits per heavy atom. The van der Waals surface area contributed by atoms with Gasteiger partial charge >= 0.3 is 0 Å². The second-order valence-corrected chi connectivity index (χ2v) is 17.0. The van der Waals surface area contributed by atoms with E-state index in [0.29, 0.717) is 5.56 Å². The van der Waals surface area contributed by atoms with Crippen molar-refractivity contribution in [3.05, 3.63) is 73.4 Å². The second-order valence-electron chi connectivity index (χ2n) is 13.1. The van der Waals surface area contributed by atoms with Gasteiger partial charge in [-0.15, -0.1) is 0 Å². The Kier molecular flexibility index (Phi) is 12.2. The quantitative estimate of drug-likeness (QED) is 0.140. The fourth-order valence-corrected chi connectivity index (χ4v) is 11.4. The van der Waals surface area contributed by atoms with Gasteiger partial charge in [0.1, 0.15) is 0 Å². The number of hydrogen-bond acceptors (Lipinski definition) is 6. The number of hydrogen-bond donors (Lipinski definition) is 0. The first kappa shape index (κ1) is 35.8. The summed E-state index contributed by atoms with van der Waals surface area (Å²) in [4.78, 5) is 5.53. The predicted molar refractivity (Wildman–Crippen MR) is 189 cm³/mol.